The van der Waals surface area contributed by atoms with E-state index in [0.29, 0.717) is 5.92 Å². The molecule has 0 spiro atoms. The van der Waals surface area contributed by atoms with Crippen molar-refractivity contribution in [1.82, 2.24) is 0 Å². The Balaban J connectivity index is 0.00000144. The minimum atomic E-state index is 0. The molecule has 1 rings (SSSR count). The van der Waals surface area contributed by atoms with Gasteiger partial charge in [-0.1, -0.05) is 26.0 Å². The smallest absolute Gasteiger partial charge is 0.0340 e. The standard InChI is InChI=1S/C11H17N.ClH/c1-4-12-11-7-5-10(6-8-11)9(2)3;/h5-9,12H,4H2,1-3H3;1H. The van der Waals surface area contributed by atoms with Crippen molar-refractivity contribution >= 4 is 18.1 Å². The summed E-state index contributed by atoms with van der Waals surface area (Å²) in [4.78, 5) is 0. The summed E-state index contributed by atoms with van der Waals surface area (Å²) in [5.41, 5.74) is 2.61. The highest BCUT2D eigenvalue weighted by atomic mass is 35.5. The number of anilines is 1. The second kappa shape index (κ2) is 5.87. The third-order valence-electron chi connectivity index (χ3n) is 1.96. The topological polar surface area (TPSA) is 12.0 Å². The van der Waals surface area contributed by atoms with Crippen LogP contribution in [0.15, 0.2) is 24.3 Å². The van der Waals surface area contributed by atoms with Crippen LogP contribution in [0, 0.1) is 0 Å². The van der Waals surface area contributed by atoms with Gasteiger partial charge in [0.2, 0.25) is 0 Å². The van der Waals surface area contributed by atoms with E-state index in [9.17, 15) is 0 Å². The maximum Gasteiger partial charge on any atom is 0.0340 e. The molecule has 1 nitrogen and oxygen atoms in total. The Morgan fingerprint density at radius 2 is 1.69 bits per heavy atom. The van der Waals surface area contributed by atoms with Gasteiger partial charge in [0, 0.05) is 12.2 Å². The van der Waals surface area contributed by atoms with E-state index >= 15 is 0 Å². The molecule has 0 saturated heterocycles. The van der Waals surface area contributed by atoms with Gasteiger partial charge in [0.15, 0.2) is 0 Å². The van der Waals surface area contributed by atoms with E-state index in [-0.39, 0.29) is 12.4 Å². The number of benzene rings is 1. The number of rotatable bonds is 3. The Morgan fingerprint density at radius 1 is 1.15 bits per heavy atom. The van der Waals surface area contributed by atoms with Crippen LogP contribution in [0.2, 0.25) is 0 Å². The highest BCUT2D eigenvalue weighted by molar-refractivity contribution is 5.85. The van der Waals surface area contributed by atoms with Crippen LogP contribution in [0.1, 0.15) is 32.3 Å². The molecule has 0 aromatic heterocycles. The van der Waals surface area contributed by atoms with E-state index in [0.717, 1.165) is 6.54 Å². The Bertz CT molecular complexity index is 228. The maximum atomic E-state index is 3.27. The first-order valence-electron chi connectivity index (χ1n) is 4.58. The van der Waals surface area contributed by atoms with Gasteiger partial charge in [0.05, 0.1) is 0 Å². The molecule has 1 aromatic carbocycles. The average Bonchev–Trinajstić information content (AvgIpc) is 2.06. The number of nitrogens with one attached hydrogen (secondary N) is 1. The second-order valence-corrected chi connectivity index (χ2v) is 3.31. The van der Waals surface area contributed by atoms with Crippen LogP contribution in [0.4, 0.5) is 5.69 Å². The summed E-state index contributed by atoms with van der Waals surface area (Å²) in [5.74, 6) is 0.626. The Labute approximate surface area is 87.0 Å². The first-order chi connectivity index (χ1) is 5.74. The van der Waals surface area contributed by atoms with Crippen LogP contribution in [-0.4, -0.2) is 6.54 Å². The zero-order chi connectivity index (χ0) is 8.97. The molecule has 0 aliphatic heterocycles. The maximum absolute atomic E-state index is 3.27. The normalized spacial score (nSPS) is 9.54. The zero-order valence-electron chi connectivity index (χ0n) is 8.50. The lowest BCUT2D eigenvalue weighted by Gasteiger charge is -2.07. The lowest BCUT2D eigenvalue weighted by atomic mass is 10.0. The van der Waals surface area contributed by atoms with E-state index in [1.165, 1.54) is 11.3 Å². The van der Waals surface area contributed by atoms with Gasteiger partial charge >= 0.3 is 0 Å². The number of halogens is 1. The molecule has 1 N–H and O–H groups in total. The number of hydrogen-bond donors (Lipinski definition) is 1. The molecule has 0 atom stereocenters. The first-order valence-corrected chi connectivity index (χ1v) is 4.58. The first kappa shape index (κ1) is 12.3. The lowest BCUT2D eigenvalue weighted by molar-refractivity contribution is 0.867. The molecular formula is C11H18ClN. The SMILES string of the molecule is CCNc1ccc(C(C)C)cc1.Cl. The van der Waals surface area contributed by atoms with Gasteiger partial charge in [-0.2, -0.15) is 0 Å². The summed E-state index contributed by atoms with van der Waals surface area (Å²) in [6, 6.07) is 8.64. The molecule has 0 fully saturated rings. The van der Waals surface area contributed by atoms with Gasteiger partial charge in [-0.05, 0) is 30.5 Å². The molecule has 0 aliphatic rings. The summed E-state index contributed by atoms with van der Waals surface area (Å²) >= 11 is 0. The molecule has 1 aromatic rings. The molecule has 0 bridgehead atoms. The van der Waals surface area contributed by atoms with E-state index in [2.05, 4.69) is 50.4 Å². The van der Waals surface area contributed by atoms with Gasteiger partial charge < -0.3 is 5.32 Å². The van der Waals surface area contributed by atoms with Gasteiger partial charge in [0.25, 0.3) is 0 Å². The third-order valence-corrected chi connectivity index (χ3v) is 1.96. The minimum absolute atomic E-state index is 0. The van der Waals surface area contributed by atoms with Gasteiger partial charge in [-0.3, -0.25) is 0 Å². The summed E-state index contributed by atoms with van der Waals surface area (Å²) in [5, 5.41) is 3.27. The van der Waals surface area contributed by atoms with Crippen molar-refractivity contribution in [2.75, 3.05) is 11.9 Å². The Morgan fingerprint density at radius 3 is 2.08 bits per heavy atom. The molecule has 0 unspecified atom stereocenters. The number of hydrogen-bond acceptors (Lipinski definition) is 1. The fraction of sp³-hybridized carbons (Fsp3) is 0.455. The molecule has 2 heteroatoms. The Kier molecular flexibility index (Phi) is 5.56. The minimum Gasteiger partial charge on any atom is -0.385 e. The fourth-order valence-electron chi connectivity index (χ4n) is 1.19. The van der Waals surface area contributed by atoms with Crippen molar-refractivity contribution in [2.24, 2.45) is 0 Å². The van der Waals surface area contributed by atoms with E-state index in [4.69, 9.17) is 0 Å². The van der Waals surface area contributed by atoms with Crippen LogP contribution in [0.25, 0.3) is 0 Å². The molecule has 0 heterocycles. The summed E-state index contributed by atoms with van der Waals surface area (Å²) in [6.45, 7) is 7.52. The van der Waals surface area contributed by atoms with Crippen LogP contribution in [0.5, 0.6) is 0 Å². The molecular weight excluding hydrogens is 182 g/mol. The molecule has 0 saturated carbocycles. The Hall–Kier alpha value is -0.690. The molecule has 74 valence electrons. The predicted octanol–water partition coefficient (Wildman–Crippen LogP) is 3.66. The summed E-state index contributed by atoms with van der Waals surface area (Å²) in [6.07, 6.45) is 0. The van der Waals surface area contributed by atoms with E-state index < -0.39 is 0 Å². The van der Waals surface area contributed by atoms with Crippen LogP contribution in [0.3, 0.4) is 0 Å². The quantitative estimate of drug-likeness (QED) is 0.784. The molecule has 0 radical (unpaired) electrons. The monoisotopic (exact) mass is 199 g/mol. The highest BCUT2D eigenvalue weighted by Gasteiger charge is 1.97. The van der Waals surface area contributed by atoms with Crippen LogP contribution < -0.4 is 5.32 Å². The van der Waals surface area contributed by atoms with Gasteiger partial charge in [0.1, 0.15) is 0 Å². The van der Waals surface area contributed by atoms with Crippen LogP contribution >= 0.6 is 12.4 Å². The summed E-state index contributed by atoms with van der Waals surface area (Å²) in [7, 11) is 0. The lowest BCUT2D eigenvalue weighted by Crippen LogP contribution is -1.96. The second-order valence-electron chi connectivity index (χ2n) is 3.31. The molecule has 0 amide bonds. The van der Waals surface area contributed by atoms with Crippen molar-refractivity contribution in [2.45, 2.75) is 26.7 Å². The fourth-order valence-corrected chi connectivity index (χ4v) is 1.19. The van der Waals surface area contributed by atoms with Gasteiger partial charge in [-0.15, -0.1) is 12.4 Å². The van der Waals surface area contributed by atoms with Gasteiger partial charge in [-0.25, -0.2) is 0 Å². The van der Waals surface area contributed by atoms with Crippen molar-refractivity contribution in [3.8, 4) is 0 Å². The summed E-state index contributed by atoms with van der Waals surface area (Å²) < 4.78 is 0. The van der Waals surface area contributed by atoms with Crippen molar-refractivity contribution in [1.29, 1.82) is 0 Å². The third kappa shape index (κ3) is 3.69. The highest BCUT2D eigenvalue weighted by Crippen LogP contribution is 2.16. The van der Waals surface area contributed by atoms with Crippen molar-refractivity contribution in [3.63, 3.8) is 0 Å². The predicted molar refractivity (Wildman–Crippen MR) is 61.9 cm³/mol. The average molecular weight is 200 g/mol. The van der Waals surface area contributed by atoms with Crippen molar-refractivity contribution < 1.29 is 0 Å². The molecule has 13 heavy (non-hydrogen) atoms. The van der Waals surface area contributed by atoms with E-state index in [1.54, 1.807) is 0 Å². The largest absolute Gasteiger partial charge is 0.385 e. The van der Waals surface area contributed by atoms with Crippen LogP contribution in [-0.2, 0) is 0 Å². The molecule has 0 aliphatic carbocycles. The van der Waals surface area contributed by atoms with Crippen molar-refractivity contribution in [3.05, 3.63) is 29.8 Å². The van der Waals surface area contributed by atoms with E-state index in [1.807, 2.05) is 0 Å². The zero-order valence-corrected chi connectivity index (χ0v) is 9.32.